The molecule has 0 radical (unpaired) electrons. The average Bonchev–Trinajstić information content (AvgIpc) is 3.66. The summed E-state index contributed by atoms with van der Waals surface area (Å²) < 4.78 is 24.0. The summed E-state index contributed by atoms with van der Waals surface area (Å²) in [5, 5.41) is 21.1. The molecule has 4 heterocycles. The van der Waals surface area contributed by atoms with E-state index >= 15 is 0 Å². The van der Waals surface area contributed by atoms with Gasteiger partial charge in [-0.15, -0.1) is 0 Å². The molecule has 1 N–H and O–H groups in total. The molecule has 3 aromatic rings. The molecule has 35 heavy (non-hydrogen) atoms. The fourth-order valence-corrected chi connectivity index (χ4v) is 6.33. The Labute approximate surface area is 204 Å². The molecule has 1 amide bonds. The van der Waals surface area contributed by atoms with Crippen molar-refractivity contribution in [3.05, 3.63) is 99.9 Å². The minimum absolute atomic E-state index is 0.0649. The maximum absolute atomic E-state index is 13.1. The van der Waals surface area contributed by atoms with Crippen LogP contribution in [0.4, 0.5) is 5.13 Å². The predicted molar refractivity (Wildman–Crippen MR) is 123 cm³/mol. The van der Waals surface area contributed by atoms with Crippen molar-refractivity contribution in [3.8, 4) is 0 Å². The second kappa shape index (κ2) is 9.02. The van der Waals surface area contributed by atoms with Crippen LogP contribution in [0.5, 0.6) is 0 Å². The lowest BCUT2D eigenvalue weighted by Gasteiger charge is -2.22. The number of rotatable bonds is 7. The number of aliphatic hydroxyl groups is 1. The van der Waals surface area contributed by atoms with Crippen molar-refractivity contribution >= 4 is 39.3 Å². The third-order valence-corrected chi connectivity index (χ3v) is 8.35. The van der Waals surface area contributed by atoms with E-state index < -0.39 is 44.8 Å². The van der Waals surface area contributed by atoms with Gasteiger partial charge in [0.15, 0.2) is 16.7 Å². The van der Waals surface area contributed by atoms with E-state index in [1.54, 1.807) is 12.1 Å². The standard InChI is InChI=1S/C22H15N3O8S2/c26-19(15-4-2-10-33-15)17-18(14-3-1-9-32-14)24(21(28)20(17)27)22-23-11-16(34-22)35(31)13-7-5-12(6-8-13)25(29)30/h1-7,9-11,13,18,27H,8H2. The van der Waals surface area contributed by atoms with Gasteiger partial charge in [0.25, 0.3) is 11.6 Å². The minimum atomic E-state index is -1.60. The number of furan rings is 2. The number of carbonyl (C=O) groups is 2. The summed E-state index contributed by atoms with van der Waals surface area (Å²) in [7, 11) is 0. The summed E-state index contributed by atoms with van der Waals surface area (Å²) in [5.41, 5.74) is -0.298. The molecular formula is C22H15N3O8S2. The molecule has 5 rings (SSSR count). The Morgan fingerprint density at radius 3 is 2.69 bits per heavy atom. The first kappa shape index (κ1) is 22.8. The number of hydrogen-bond acceptors (Lipinski definition) is 10. The van der Waals surface area contributed by atoms with Gasteiger partial charge in [-0.25, -0.2) is 4.98 Å². The van der Waals surface area contributed by atoms with Crippen LogP contribution >= 0.6 is 11.3 Å². The quantitative estimate of drug-likeness (QED) is 0.215. The number of aliphatic hydroxyl groups excluding tert-OH is 1. The largest absolute Gasteiger partial charge is 0.610 e. The van der Waals surface area contributed by atoms with Gasteiger partial charge < -0.3 is 18.5 Å². The number of nitro groups is 1. The first-order valence-electron chi connectivity index (χ1n) is 10.1. The lowest BCUT2D eigenvalue weighted by Crippen LogP contribution is -2.30. The zero-order valence-electron chi connectivity index (χ0n) is 17.6. The highest BCUT2D eigenvalue weighted by molar-refractivity contribution is 7.94. The topological polar surface area (TPSA) is 163 Å². The summed E-state index contributed by atoms with van der Waals surface area (Å²) in [6.45, 7) is 0. The molecule has 0 saturated carbocycles. The Bertz CT molecular complexity index is 1390. The maximum Gasteiger partial charge on any atom is 0.296 e. The van der Waals surface area contributed by atoms with E-state index in [1.807, 2.05) is 0 Å². The number of anilines is 1. The fourth-order valence-electron chi connectivity index (χ4n) is 3.78. The number of carbonyl (C=O) groups excluding carboxylic acids is 2. The number of ketones is 1. The number of hydrogen-bond donors (Lipinski definition) is 1. The van der Waals surface area contributed by atoms with Crippen molar-refractivity contribution in [2.45, 2.75) is 21.9 Å². The van der Waals surface area contributed by atoms with Crippen LogP contribution in [0.1, 0.15) is 28.8 Å². The van der Waals surface area contributed by atoms with Crippen LogP contribution in [0, 0.1) is 10.1 Å². The second-order valence-electron chi connectivity index (χ2n) is 7.44. The number of allylic oxidation sites excluding steroid dienone is 2. The highest BCUT2D eigenvalue weighted by Gasteiger charge is 2.48. The monoisotopic (exact) mass is 513 g/mol. The molecule has 1 aliphatic carbocycles. The molecule has 3 atom stereocenters. The maximum atomic E-state index is 13.1. The van der Waals surface area contributed by atoms with Gasteiger partial charge in [0.05, 0.1) is 29.2 Å². The molecule has 178 valence electrons. The summed E-state index contributed by atoms with van der Waals surface area (Å²) in [4.78, 5) is 41.9. The van der Waals surface area contributed by atoms with Gasteiger partial charge in [-0.2, -0.15) is 0 Å². The summed E-state index contributed by atoms with van der Waals surface area (Å²) in [6, 6.07) is 4.93. The second-order valence-corrected chi connectivity index (χ2v) is 10.3. The van der Waals surface area contributed by atoms with Crippen LogP contribution < -0.4 is 4.90 Å². The van der Waals surface area contributed by atoms with Crippen molar-refractivity contribution in [2.24, 2.45) is 0 Å². The molecule has 2 aliphatic rings. The van der Waals surface area contributed by atoms with Gasteiger partial charge in [-0.3, -0.25) is 24.6 Å². The zero-order chi connectivity index (χ0) is 24.7. The fraction of sp³-hybridized carbons (Fsp3) is 0.136. The minimum Gasteiger partial charge on any atom is -0.610 e. The van der Waals surface area contributed by atoms with Gasteiger partial charge >= 0.3 is 0 Å². The molecule has 0 bridgehead atoms. The van der Waals surface area contributed by atoms with Crippen molar-refractivity contribution < 1.29 is 33.0 Å². The van der Waals surface area contributed by atoms with E-state index in [0.717, 1.165) is 16.2 Å². The van der Waals surface area contributed by atoms with E-state index in [2.05, 4.69) is 4.98 Å². The molecule has 1 aliphatic heterocycles. The number of Topliss-reactive ketones (excluding diaryl/α,β-unsaturated/α-hetero) is 1. The predicted octanol–water partition coefficient (Wildman–Crippen LogP) is 3.71. The van der Waals surface area contributed by atoms with Crippen LogP contribution in [0.25, 0.3) is 0 Å². The Kier molecular flexibility index (Phi) is 5.88. The van der Waals surface area contributed by atoms with Crippen LogP contribution in [-0.4, -0.2) is 36.5 Å². The van der Waals surface area contributed by atoms with Crippen LogP contribution in [0.2, 0.25) is 0 Å². The molecule has 0 fully saturated rings. The van der Waals surface area contributed by atoms with Gasteiger partial charge in [0, 0.05) is 23.7 Å². The third-order valence-electron chi connectivity index (χ3n) is 5.41. The molecule has 3 aromatic heterocycles. The number of nitrogens with zero attached hydrogens (tertiary/aromatic N) is 3. The normalized spacial score (nSPS) is 20.9. The van der Waals surface area contributed by atoms with Gasteiger partial charge in [0.2, 0.25) is 9.99 Å². The molecule has 13 heteroatoms. The van der Waals surface area contributed by atoms with Crippen LogP contribution in [-0.2, 0) is 16.0 Å². The average molecular weight is 514 g/mol. The summed E-state index contributed by atoms with van der Waals surface area (Å²) in [6.07, 6.45) is 8.42. The Morgan fingerprint density at radius 1 is 1.29 bits per heavy atom. The number of thiazole rings is 1. The first-order valence-corrected chi connectivity index (χ1v) is 12.2. The zero-order valence-corrected chi connectivity index (χ0v) is 19.2. The molecule has 11 nitrogen and oxygen atoms in total. The van der Waals surface area contributed by atoms with E-state index in [1.165, 1.54) is 49.1 Å². The third kappa shape index (κ3) is 3.99. The number of aromatic nitrogens is 1. The highest BCUT2D eigenvalue weighted by atomic mass is 32.2. The van der Waals surface area contributed by atoms with Crippen molar-refractivity contribution in [3.63, 3.8) is 0 Å². The van der Waals surface area contributed by atoms with E-state index in [0.29, 0.717) is 4.21 Å². The molecule has 0 spiro atoms. The summed E-state index contributed by atoms with van der Waals surface area (Å²) in [5.74, 6) is -2.18. The van der Waals surface area contributed by atoms with E-state index in [9.17, 15) is 29.4 Å². The number of amides is 1. The van der Waals surface area contributed by atoms with Crippen molar-refractivity contribution in [1.82, 2.24) is 4.98 Å². The highest BCUT2D eigenvalue weighted by Crippen LogP contribution is 2.44. The van der Waals surface area contributed by atoms with Crippen LogP contribution in [0.3, 0.4) is 0 Å². The lowest BCUT2D eigenvalue weighted by atomic mass is 10.00. The van der Waals surface area contributed by atoms with Crippen molar-refractivity contribution in [2.75, 3.05) is 4.90 Å². The SMILES string of the molecule is O=C(C1=C(O)C(=O)N(c2ncc([S+]([O-])C3C=CC([N+](=O)[O-])=CC3)s2)C1c1ccco1)c1ccco1. The Morgan fingerprint density at radius 2 is 2.06 bits per heavy atom. The molecular weight excluding hydrogens is 498 g/mol. The lowest BCUT2D eigenvalue weighted by molar-refractivity contribution is -0.419. The van der Waals surface area contributed by atoms with E-state index in [4.69, 9.17) is 8.83 Å². The first-order chi connectivity index (χ1) is 16.9. The Balaban J connectivity index is 1.46. The Hall–Kier alpha value is -3.94. The van der Waals surface area contributed by atoms with Gasteiger partial charge in [-0.1, -0.05) is 0 Å². The van der Waals surface area contributed by atoms with Crippen molar-refractivity contribution in [1.29, 1.82) is 0 Å². The van der Waals surface area contributed by atoms with Crippen LogP contribution in [0.15, 0.2) is 91.3 Å². The van der Waals surface area contributed by atoms with E-state index in [-0.39, 0.29) is 34.3 Å². The smallest absolute Gasteiger partial charge is 0.296 e. The molecule has 3 unspecified atom stereocenters. The van der Waals surface area contributed by atoms with Gasteiger partial charge in [0.1, 0.15) is 17.1 Å². The molecule has 0 saturated heterocycles. The summed E-state index contributed by atoms with van der Waals surface area (Å²) >= 11 is -0.656. The van der Waals surface area contributed by atoms with Gasteiger partial charge in [-0.05, 0) is 47.8 Å². The molecule has 0 aromatic carbocycles.